The molecule has 0 bridgehead atoms. The molecule has 0 spiro atoms. The van der Waals surface area contributed by atoms with Gasteiger partial charge in [-0.25, -0.2) is 0 Å². The first-order valence-electron chi connectivity index (χ1n) is 29.8. The van der Waals surface area contributed by atoms with Gasteiger partial charge in [0.15, 0.2) is 0 Å². The minimum absolute atomic E-state index is 0.149. The highest BCUT2D eigenvalue weighted by Crippen LogP contribution is 2.54. The summed E-state index contributed by atoms with van der Waals surface area (Å²) in [6, 6.07) is 82.6. The second kappa shape index (κ2) is 20.0. The molecule has 0 saturated carbocycles. The molecule has 0 radical (unpaired) electrons. The summed E-state index contributed by atoms with van der Waals surface area (Å²) < 4.78 is 0. The predicted octanol–water partition coefficient (Wildman–Crippen LogP) is 21.0. The summed E-state index contributed by atoms with van der Waals surface area (Å²) in [5.74, 6) is 0. The summed E-state index contributed by atoms with van der Waals surface area (Å²) in [6.45, 7) is 28.8. The molecule has 10 aromatic rings. The van der Waals surface area contributed by atoms with Crippen LogP contribution in [-0.4, -0.2) is 16.1 Å². The van der Waals surface area contributed by atoms with E-state index in [1.54, 1.807) is 0 Å². The average Bonchev–Trinajstić information content (AvgIpc) is 2.54. The van der Waals surface area contributed by atoms with Crippen LogP contribution >= 0.6 is 0 Å². The maximum atomic E-state index is 2.44. The lowest BCUT2D eigenvalue weighted by Crippen LogP contribution is -2.37. The van der Waals surface area contributed by atoms with Gasteiger partial charge in [-0.15, -0.1) is 0 Å². The molecule has 3 aliphatic carbocycles. The van der Waals surface area contributed by atoms with Gasteiger partial charge in [-0.2, -0.15) is 0 Å². The molecule has 13 rings (SSSR count). The van der Waals surface area contributed by atoms with Gasteiger partial charge < -0.3 is 9.80 Å². The third-order valence-corrected chi connectivity index (χ3v) is 22.7. The Hall–Kier alpha value is -8.29. The average molecular weight is 1110 g/mol. The molecule has 0 aromatic heterocycles. The fourth-order valence-corrected chi connectivity index (χ4v) is 15.9. The van der Waals surface area contributed by atoms with E-state index >= 15 is 0 Å². The molecule has 0 amide bonds. The molecule has 410 valence electrons. The molecule has 10 aromatic carbocycles. The SMILES string of the molecule is CC1(C)c2cc(C=Cc3ccc4c(c3)C(C)(C)c3cc(N(c5ccccc5)c5ccc([Si](C)(C)C)cc5)ccc3-4)ccc2-c2ccc(C=Cc3ccc4c(c3)C(C)(C)c3cc(N(c5ccccc5)c5ccc([Si](C)(C)C)cc5)ccc3-4)cc21. The highest BCUT2D eigenvalue weighted by atomic mass is 28.3. The Morgan fingerprint density at radius 1 is 0.253 bits per heavy atom. The molecule has 0 aliphatic heterocycles. The first kappa shape index (κ1) is 54.0. The van der Waals surface area contributed by atoms with Crippen molar-refractivity contribution >= 4 is 84.9 Å². The highest BCUT2D eigenvalue weighted by molar-refractivity contribution is 6.89. The number of para-hydroxylation sites is 2. The fraction of sp³-hybridized carbons (Fsp3) is 0.190. The molecule has 3 aliphatic rings. The Labute approximate surface area is 496 Å². The van der Waals surface area contributed by atoms with Gasteiger partial charge in [-0.1, -0.05) is 261 Å². The zero-order valence-electron chi connectivity index (χ0n) is 50.5. The molecule has 0 N–H and O–H groups in total. The standard InChI is InChI=1S/C79H76N2Si2/c1-77(2)71-47-53(23-25-55-29-43-67-69-45-35-61(51-75(69)78(3,4)73(67)49-55)80(57-19-15-13-16-20-57)59-31-37-63(38-32-59)82(7,8)9)27-41-65(71)66-42-28-54(48-72(66)77)24-26-56-30-44-68-70-46-36-62(52-76(70)79(5,6)74(68)50-56)81(58-21-17-14-18-22-58)60-33-39-64(40-34-60)83(10,11)12/h13-52H,1-12H3. The molecule has 0 saturated heterocycles. The number of rotatable bonds is 12. The van der Waals surface area contributed by atoms with Gasteiger partial charge >= 0.3 is 0 Å². The minimum atomic E-state index is -1.44. The molecule has 0 unspecified atom stereocenters. The van der Waals surface area contributed by atoms with Crippen molar-refractivity contribution in [3.8, 4) is 33.4 Å². The third-order valence-electron chi connectivity index (χ3n) is 18.6. The molecule has 0 fully saturated rings. The van der Waals surface area contributed by atoms with Crippen LogP contribution in [-0.2, 0) is 16.2 Å². The van der Waals surface area contributed by atoms with Crippen LogP contribution in [0.25, 0.3) is 57.7 Å². The Morgan fingerprint density at radius 2 is 0.482 bits per heavy atom. The van der Waals surface area contributed by atoms with Crippen molar-refractivity contribution in [2.75, 3.05) is 9.80 Å². The molecule has 83 heavy (non-hydrogen) atoms. The van der Waals surface area contributed by atoms with E-state index in [0.717, 1.165) is 11.4 Å². The first-order chi connectivity index (χ1) is 39.6. The summed E-state index contributed by atoms with van der Waals surface area (Å²) in [5.41, 5.74) is 27.6. The molecule has 4 heteroatoms. The third kappa shape index (κ3) is 9.50. The second-order valence-electron chi connectivity index (χ2n) is 27.2. The molecular weight excluding hydrogens is 1030 g/mol. The van der Waals surface area contributed by atoms with Crippen molar-refractivity contribution in [3.63, 3.8) is 0 Å². The number of benzene rings is 10. The Kier molecular flexibility index (Phi) is 13.0. The summed E-state index contributed by atoms with van der Waals surface area (Å²) >= 11 is 0. The van der Waals surface area contributed by atoms with E-state index < -0.39 is 16.1 Å². The van der Waals surface area contributed by atoms with Crippen LogP contribution in [0.1, 0.15) is 97.2 Å². The lowest BCUT2D eigenvalue weighted by atomic mass is 9.81. The first-order valence-corrected chi connectivity index (χ1v) is 36.8. The highest BCUT2D eigenvalue weighted by Gasteiger charge is 2.39. The van der Waals surface area contributed by atoms with Crippen LogP contribution in [0.15, 0.2) is 218 Å². The van der Waals surface area contributed by atoms with Crippen molar-refractivity contribution in [2.24, 2.45) is 0 Å². The van der Waals surface area contributed by atoms with Gasteiger partial charge in [0.2, 0.25) is 0 Å². The zero-order valence-corrected chi connectivity index (χ0v) is 52.5. The summed E-state index contributed by atoms with van der Waals surface area (Å²) in [4.78, 5) is 4.82. The van der Waals surface area contributed by atoms with Gasteiger partial charge in [0.05, 0.1) is 16.1 Å². The van der Waals surface area contributed by atoms with E-state index in [1.807, 2.05) is 0 Å². The Balaban J connectivity index is 0.724. The molecule has 0 heterocycles. The van der Waals surface area contributed by atoms with E-state index in [9.17, 15) is 0 Å². The van der Waals surface area contributed by atoms with E-state index in [-0.39, 0.29) is 16.2 Å². The Bertz CT molecular complexity index is 3950. The van der Waals surface area contributed by atoms with Crippen molar-refractivity contribution < 1.29 is 0 Å². The summed E-state index contributed by atoms with van der Waals surface area (Å²) in [6.07, 6.45) is 9.21. The van der Waals surface area contributed by atoms with Gasteiger partial charge in [0.25, 0.3) is 0 Å². The number of hydrogen-bond acceptors (Lipinski definition) is 2. The smallest absolute Gasteiger partial charge is 0.0775 e. The largest absolute Gasteiger partial charge is 0.310 e. The van der Waals surface area contributed by atoms with Crippen molar-refractivity contribution in [1.29, 1.82) is 0 Å². The van der Waals surface area contributed by atoms with Crippen LogP contribution in [0.5, 0.6) is 0 Å². The van der Waals surface area contributed by atoms with E-state index in [0.29, 0.717) is 0 Å². The van der Waals surface area contributed by atoms with Gasteiger partial charge in [0, 0.05) is 50.4 Å². The lowest BCUT2D eigenvalue weighted by molar-refractivity contribution is 0.660. The fourth-order valence-electron chi connectivity index (χ4n) is 13.6. The van der Waals surface area contributed by atoms with E-state index in [1.165, 1.54) is 122 Å². The van der Waals surface area contributed by atoms with Gasteiger partial charge in [0.1, 0.15) is 0 Å². The lowest BCUT2D eigenvalue weighted by Gasteiger charge is -2.28. The number of fused-ring (bicyclic) bond motifs is 9. The van der Waals surface area contributed by atoms with E-state index in [2.05, 4.69) is 333 Å². The number of anilines is 6. The summed E-state index contributed by atoms with van der Waals surface area (Å²) in [7, 11) is -2.87. The molecule has 0 atom stereocenters. The van der Waals surface area contributed by atoms with Crippen molar-refractivity contribution in [3.05, 3.63) is 274 Å². The predicted molar refractivity (Wildman–Crippen MR) is 365 cm³/mol. The molecular formula is C79H76N2Si2. The monoisotopic (exact) mass is 1110 g/mol. The second-order valence-corrected chi connectivity index (χ2v) is 37.3. The van der Waals surface area contributed by atoms with Crippen molar-refractivity contribution in [2.45, 2.75) is 97.1 Å². The maximum absolute atomic E-state index is 2.44. The van der Waals surface area contributed by atoms with Crippen LogP contribution in [0.3, 0.4) is 0 Å². The normalized spacial score (nSPS) is 14.9. The maximum Gasteiger partial charge on any atom is 0.0775 e. The van der Waals surface area contributed by atoms with Gasteiger partial charge in [-0.05, 0) is 162 Å². The minimum Gasteiger partial charge on any atom is -0.310 e. The topological polar surface area (TPSA) is 6.48 Å². The van der Waals surface area contributed by atoms with Crippen LogP contribution in [0.4, 0.5) is 34.1 Å². The zero-order chi connectivity index (χ0) is 57.8. The van der Waals surface area contributed by atoms with E-state index in [4.69, 9.17) is 0 Å². The van der Waals surface area contributed by atoms with Gasteiger partial charge in [-0.3, -0.25) is 0 Å². The van der Waals surface area contributed by atoms with Crippen LogP contribution in [0.2, 0.25) is 39.3 Å². The number of hydrogen-bond donors (Lipinski definition) is 0. The van der Waals surface area contributed by atoms with Crippen LogP contribution in [0, 0.1) is 0 Å². The quantitative estimate of drug-likeness (QED) is 0.0889. The molecule has 2 nitrogen and oxygen atoms in total. The summed E-state index contributed by atoms with van der Waals surface area (Å²) in [5, 5.41) is 2.94. The van der Waals surface area contributed by atoms with Crippen molar-refractivity contribution in [1.82, 2.24) is 0 Å². The Morgan fingerprint density at radius 3 is 0.747 bits per heavy atom. The van der Waals surface area contributed by atoms with Crippen LogP contribution < -0.4 is 20.2 Å². The number of nitrogens with zero attached hydrogens (tertiary/aromatic N) is 2.